The summed E-state index contributed by atoms with van der Waals surface area (Å²) >= 11 is 0. The van der Waals surface area contributed by atoms with Crippen LogP contribution in [0.15, 0.2) is 42.9 Å². The molecule has 0 aliphatic carbocycles. The highest BCUT2D eigenvalue weighted by Crippen LogP contribution is 2.29. The molecule has 1 aromatic carbocycles. The van der Waals surface area contributed by atoms with Crippen molar-refractivity contribution >= 4 is 23.8 Å². The molecule has 38 heavy (non-hydrogen) atoms. The summed E-state index contributed by atoms with van der Waals surface area (Å²) in [5.41, 5.74) is 3.83. The monoisotopic (exact) mass is 516 g/mol. The Bertz CT molecular complexity index is 1270. The van der Waals surface area contributed by atoms with Gasteiger partial charge in [-0.15, -0.1) is 0 Å². The van der Waals surface area contributed by atoms with Crippen LogP contribution >= 0.6 is 0 Å². The van der Waals surface area contributed by atoms with E-state index in [1.165, 1.54) is 12.5 Å². The molecule has 1 aliphatic rings. The van der Waals surface area contributed by atoms with Gasteiger partial charge in [0.05, 0.1) is 12.8 Å². The van der Waals surface area contributed by atoms with Gasteiger partial charge in [-0.05, 0) is 56.7 Å². The summed E-state index contributed by atoms with van der Waals surface area (Å²) in [6.07, 6.45) is 6.76. The van der Waals surface area contributed by atoms with Gasteiger partial charge in [0.25, 0.3) is 5.91 Å². The Kier molecular flexibility index (Phi) is 8.85. The van der Waals surface area contributed by atoms with Gasteiger partial charge in [0, 0.05) is 60.7 Å². The van der Waals surface area contributed by atoms with E-state index in [1.807, 2.05) is 18.2 Å². The molecule has 1 atom stereocenters. The fraction of sp³-hybridized carbons (Fsp3) is 0.393. The Hall–Kier alpha value is -4.05. The number of hydrogen-bond acceptors (Lipinski definition) is 9. The number of amides is 1. The molecule has 2 aromatic heterocycles. The fourth-order valence-corrected chi connectivity index (χ4v) is 4.58. The van der Waals surface area contributed by atoms with Crippen LogP contribution in [0.1, 0.15) is 47.2 Å². The van der Waals surface area contributed by atoms with Gasteiger partial charge in [0.15, 0.2) is 0 Å². The number of pyridine rings is 1. The summed E-state index contributed by atoms with van der Waals surface area (Å²) in [6, 6.07) is 9.66. The van der Waals surface area contributed by atoms with Crippen LogP contribution < -0.4 is 20.7 Å². The Morgan fingerprint density at radius 3 is 2.71 bits per heavy atom. The van der Waals surface area contributed by atoms with Gasteiger partial charge in [-0.2, -0.15) is 0 Å². The Morgan fingerprint density at radius 1 is 1.21 bits per heavy atom. The number of methoxy groups -OCH3 is 1. The van der Waals surface area contributed by atoms with Gasteiger partial charge in [-0.3, -0.25) is 4.79 Å². The zero-order valence-corrected chi connectivity index (χ0v) is 22.4. The molecule has 10 nitrogen and oxygen atoms in total. The maximum Gasteiger partial charge on any atom is 0.251 e. The van der Waals surface area contributed by atoms with Crippen LogP contribution in [0.2, 0.25) is 0 Å². The third kappa shape index (κ3) is 6.44. The number of anilines is 2. The van der Waals surface area contributed by atoms with Crippen LogP contribution in [-0.4, -0.2) is 78.9 Å². The van der Waals surface area contributed by atoms with Crippen molar-refractivity contribution in [1.82, 2.24) is 25.2 Å². The van der Waals surface area contributed by atoms with Crippen molar-refractivity contribution in [3.63, 3.8) is 0 Å². The lowest BCUT2D eigenvalue weighted by molar-refractivity contribution is 0.0962. The molecular formula is C28H36N8O2. The number of likely N-dealkylation sites (tertiary alicyclic amines) is 1. The number of nitrogens with one attached hydrogen (secondary N) is 4. The predicted molar refractivity (Wildman–Crippen MR) is 151 cm³/mol. The van der Waals surface area contributed by atoms with Gasteiger partial charge in [0.2, 0.25) is 0 Å². The molecule has 0 bridgehead atoms. The highest BCUT2D eigenvalue weighted by molar-refractivity contribution is 5.94. The molecule has 200 valence electrons. The highest BCUT2D eigenvalue weighted by atomic mass is 16.5. The van der Waals surface area contributed by atoms with E-state index in [4.69, 9.17) is 10.1 Å². The molecule has 3 heterocycles. The van der Waals surface area contributed by atoms with Crippen molar-refractivity contribution in [2.24, 2.45) is 0 Å². The number of hydrogen-bond donors (Lipinski definition) is 4. The maximum absolute atomic E-state index is 12.0. The van der Waals surface area contributed by atoms with E-state index >= 15 is 0 Å². The van der Waals surface area contributed by atoms with Crippen molar-refractivity contribution in [2.45, 2.75) is 31.7 Å². The number of benzene rings is 1. The van der Waals surface area contributed by atoms with E-state index in [0.717, 1.165) is 54.1 Å². The molecule has 4 N–H and O–H groups in total. The van der Waals surface area contributed by atoms with Crippen LogP contribution in [0.25, 0.3) is 11.3 Å². The van der Waals surface area contributed by atoms with Crippen LogP contribution in [0.5, 0.6) is 5.75 Å². The average Bonchev–Trinajstić information content (AvgIpc) is 2.96. The second kappa shape index (κ2) is 12.5. The first-order chi connectivity index (χ1) is 18.4. The molecule has 0 spiro atoms. The largest absolute Gasteiger partial charge is 0.496 e. The number of nitrogens with zero attached hydrogens (tertiary/aromatic N) is 4. The molecule has 3 aromatic rings. The number of carbonyl (C=O) groups is 1. The third-order valence-corrected chi connectivity index (χ3v) is 6.94. The van der Waals surface area contributed by atoms with Gasteiger partial charge in [-0.25, -0.2) is 15.0 Å². The zero-order chi connectivity index (χ0) is 27.1. The fourth-order valence-electron chi connectivity index (χ4n) is 4.58. The minimum atomic E-state index is -0.152. The number of ether oxygens (including phenoxy) is 1. The maximum atomic E-state index is 12.0. The highest BCUT2D eigenvalue weighted by Gasteiger charge is 2.19. The molecule has 0 radical (unpaired) electrons. The van der Waals surface area contributed by atoms with Crippen LogP contribution in [0, 0.1) is 5.41 Å². The van der Waals surface area contributed by atoms with Crippen molar-refractivity contribution in [3.8, 4) is 17.0 Å². The van der Waals surface area contributed by atoms with E-state index < -0.39 is 0 Å². The number of rotatable bonds is 10. The molecule has 1 amide bonds. The first-order valence-electron chi connectivity index (χ1n) is 12.8. The molecule has 10 heteroatoms. The van der Waals surface area contributed by atoms with Crippen LogP contribution in [-0.2, 0) is 0 Å². The lowest BCUT2D eigenvalue weighted by Crippen LogP contribution is -2.37. The van der Waals surface area contributed by atoms with Gasteiger partial charge < -0.3 is 31.0 Å². The van der Waals surface area contributed by atoms with Gasteiger partial charge in [-0.1, -0.05) is 13.0 Å². The topological polar surface area (TPSA) is 128 Å². The molecule has 0 unspecified atom stereocenters. The van der Waals surface area contributed by atoms with Crippen LogP contribution in [0.4, 0.5) is 11.6 Å². The quantitative estimate of drug-likeness (QED) is 0.301. The van der Waals surface area contributed by atoms with Crippen molar-refractivity contribution in [3.05, 3.63) is 59.5 Å². The first kappa shape index (κ1) is 27.0. The minimum Gasteiger partial charge on any atom is -0.496 e. The molecule has 1 saturated heterocycles. The number of carbonyl (C=O) groups excluding carboxylic acids is 1. The molecule has 4 rings (SSSR count). The summed E-state index contributed by atoms with van der Waals surface area (Å²) in [5.74, 6) is 2.03. The van der Waals surface area contributed by atoms with Gasteiger partial charge in [0.1, 0.15) is 23.7 Å². The van der Waals surface area contributed by atoms with Crippen molar-refractivity contribution in [1.29, 1.82) is 5.41 Å². The van der Waals surface area contributed by atoms with Crippen LogP contribution in [0.3, 0.4) is 0 Å². The smallest absolute Gasteiger partial charge is 0.251 e. The van der Waals surface area contributed by atoms with E-state index in [2.05, 4.69) is 49.8 Å². The Balaban J connectivity index is 1.44. The minimum absolute atomic E-state index is 0.0956. The normalized spacial score (nSPS) is 14.9. The molecule has 0 saturated carbocycles. The summed E-state index contributed by atoms with van der Waals surface area (Å²) in [5, 5.41) is 17.5. The van der Waals surface area contributed by atoms with Crippen molar-refractivity contribution in [2.75, 3.05) is 51.5 Å². The van der Waals surface area contributed by atoms with Gasteiger partial charge >= 0.3 is 0 Å². The van der Waals surface area contributed by atoms with Crippen molar-refractivity contribution < 1.29 is 9.53 Å². The second-order valence-electron chi connectivity index (χ2n) is 9.63. The zero-order valence-electron chi connectivity index (χ0n) is 22.4. The van der Waals surface area contributed by atoms with E-state index in [-0.39, 0.29) is 11.8 Å². The Morgan fingerprint density at radius 2 is 2.00 bits per heavy atom. The molecule has 1 aliphatic heterocycles. The lowest BCUT2D eigenvalue weighted by Gasteiger charge is -2.30. The number of aromatic nitrogens is 3. The molecule has 1 fully saturated rings. The van der Waals surface area contributed by atoms with E-state index in [1.54, 1.807) is 32.5 Å². The summed E-state index contributed by atoms with van der Waals surface area (Å²) in [4.78, 5) is 27.7. The Labute approximate surface area is 223 Å². The lowest BCUT2D eigenvalue weighted by atomic mass is 9.98. The predicted octanol–water partition coefficient (Wildman–Crippen LogP) is 3.63. The van der Waals surface area contributed by atoms with E-state index in [0.29, 0.717) is 29.7 Å². The summed E-state index contributed by atoms with van der Waals surface area (Å²) < 4.78 is 5.55. The summed E-state index contributed by atoms with van der Waals surface area (Å²) in [7, 11) is 5.35. The average molecular weight is 517 g/mol. The standard InChI is InChI=1S/C28H36N8O2/c1-18(23-6-5-19(28(37)30-2)12-25(23)38-4)15-31-26-13-24(33-17-34-26)21-11-20(14-29)27(32-16-21)35-22-7-9-36(3)10-8-22/h5-6,11-14,16-18,22,29H,7-10,15H2,1-4H3,(H,30,37)(H,32,35)(H,31,33,34)/t18-/m1/s1. The summed E-state index contributed by atoms with van der Waals surface area (Å²) in [6.45, 7) is 4.80. The SMILES string of the molecule is CNC(=O)c1ccc([C@H](C)CNc2cc(-c3cnc(NC4CCN(C)CC4)c(C=N)c3)ncn2)c(OC)c1. The van der Waals surface area contributed by atoms with E-state index in [9.17, 15) is 4.79 Å². The third-order valence-electron chi connectivity index (χ3n) is 6.94. The number of piperidine rings is 1. The molecular weight excluding hydrogens is 480 g/mol. The first-order valence-corrected chi connectivity index (χ1v) is 12.8. The second-order valence-corrected chi connectivity index (χ2v) is 9.63.